The van der Waals surface area contributed by atoms with Crippen LogP contribution in [0.4, 0.5) is 0 Å². The summed E-state index contributed by atoms with van der Waals surface area (Å²) in [4.78, 5) is 4.65. The quantitative estimate of drug-likeness (QED) is 0.802. The van der Waals surface area contributed by atoms with Gasteiger partial charge in [0, 0.05) is 6.20 Å². The van der Waals surface area contributed by atoms with E-state index in [4.69, 9.17) is 5.41 Å². The van der Waals surface area contributed by atoms with Crippen molar-refractivity contribution in [1.29, 1.82) is 5.41 Å². The maximum absolute atomic E-state index is 7.63. The summed E-state index contributed by atoms with van der Waals surface area (Å²) in [5.41, 5.74) is 0.927. The molecule has 0 aliphatic rings. The minimum absolute atomic E-state index is 0.466. The third-order valence-electron chi connectivity index (χ3n) is 1.78. The van der Waals surface area contributed by atoms with Gasteiger partial charge in [0.15, 0.2) is 0 Å². The summed E-state index contributed by atoms with van der Waals surface area (Å²) in [6.45, 7) is 2.47. The molecule has 0 aliphatic carbocycles. The smallest absolute Gasteiger partial charge is 0.200 e. The van der Waals surface area contributed by atoms with E-state index in [1.54, 1.807) is 10.9 Å². The second-order valence-corrected chi connectivity index (χ2v) is 4.09. The van der Waals surface area contributed by atoms with Gasteiger partial charge in [-0.15, -0.1) is 0 Å². The van der Waals surface area contributed by atoms with E-state index in [9.17, 15) is 0 Å². The maximum Gasteiger partial charge on any atom is 0.200 e. The van der Waals surface area contributed by atoms with Crippen LogP contribution >= 0.6 is 11.3 Å². The highest BCUT2D eigenvalue weighted by atomic mass is 32.1. The molecular formula is C9H10N4S. The molecule has 0 saturated carbocycles. The fourth-order valence-electron chi connectivity index (χ4n) is 1.18. The van der Waals surface area contributed by atoms with Gasteiger partial charge in [-0.05, 0) is 19.1 Å². The van der Waals surface area contributed by atoms with Gasteiger partial charge in [0.05, 0.1) is 12.2 Å². The van der Waals surface area contributed by atoms with E-state index < -0.39 is 0 Å². The number of pyridine rings is 1. The molecular weight excluding hydrogens is 196 g/mol. The minimum atomic E-state index is 0.466. The SMILES string of the molecule is Cc1nn(Cc2ccccn2)c(=N)s1. The van der Waals surface area contributed by atoms with Crippen LogP contribution in [0.1, 0.15) is 10.7 Å². The van der Waals surface area contributed by atoms with Crippen molar-refractivity contribution < 1.29 is 0 Å². The van der Waals surface area contributed by atoms with Crippen molar-refractivity contribution in [3.63, 3.8) is 0 Å². The topological polar surface area (TPSA) is 54.6 Å². The Bertz CT molecular complexity index is 471. The summed E-state index contributed by atoms with van der Waals surface area (Å²) in [6.07, 6.45) is 1.75. The van der Waals surface area contributed by atoms with Crippen LogP contribution in [0.3, 0.4) is 0 Å². The first kappa shape index (κ1) is 9.08. The van der Waals surface area contributed by atoms with E-state index in [2.05, 4.69) is 10.1 Å². The Morgan fingerprint density at radius 2 is 2.36 bits per heavy atom. The van der Waals surface area contributed by atoms with Crippen molar-refractivity contribution in [1.82, 2.24) is 14.8 Å². The molecule has 0 aliphatic heterocycles. The lowest BCUT2D eigenvalue weighted by molar-refractivity contribution is 0.631. The molecule has 14 heavy (non-hydrogen) atoms. The van der Waals surface area contributed by atoms with Gasteiger partial charge < -0.3 is 0 Å². The Labute approximate surface area is 85.4 Å². The maximum atomic E-state index is 7.63. The Balaban J connectivity index is 2.28. The number of rotatable bonds is 2. The zero-order valence-electron chi connectivity index (χ0n) is 7.77. The van der Waals surface area contributed by atoms with E-state index in [0.717, 1.165) is 10.7 Å². The molecule has 5 heteroatoms. The molecule has 0 spiro atoms. The summed E-state index contributed by atoms with van der Waals surface area (Å²) in [5, 5.41) is 12.8. The van der Waals surface area contributed by atoms with Gasteiger partial charge in [-0.1, -0.05) is 17.4 Å². The van der Waals surface area contributed by atoms with Crippen molar-refractivity contribution in [2.45, 2.75) is 13.5 Å². The molecule has 0 aromatic carbocycles. The van der Waals surface area contributed by atoms with E-state index in [0.29, 0.717) is 11.3 Å². The summed E-state index contributed by atoms with van der Waals surface area (Å²) in [7, 11) is 0. The molecule has 0 saturated heterocycles. The third kappa shape index (κ3) is 1.88. The Hall–Kier alpha value is -1.49. The van der Waals surface area contributed by atoms with Crippen LogP contribution < -0.4 is 4.80 Å². The van der Waals surface area contributed by atoms with E-state index in [-0.39, 0.29) is 0 Å². The molecule has 72 valence electrons. The summed E-state index contributed by atoms with van der Waals surface area (Å²) >= 11 is 1.38. The number of nitrogens with zero attached hydrogens (tertiary/aromatic N) is 3. The lowest BCUT2D eigenvalue weighted by atomic mass is 10.3. The van der Waals surface area contributed by atoms with Crippen LogP contribution in [0.5, 0.6) is 0 Å². The number of aryl methyl sites for hydroxylation is 1. The molecule has 0 radical (unpaired) electrons. The molecule has 0 bridgehead atoms. The third-order valence-corrected chi connectivity index (χ3v) is 2.56. The predicted molar refractivity (Wildman–Crippen MR) is 54.0 cm³/mol. The molecule has 2 rings (SSSR count). The van der Waals surface area contributed by atoms with Crippen LogP contribution in [0.2, 0.25) is 0 Å². The van der Waals surface area contributed by atoms with Crippen LogP contribution in [0.15, 0.2) is 24.4 Å². The molecule has 0 atom stereocenters. The number of nitrogens with one attached hydrogen (secondary N) is 1. The summed E-state index contributed by atoms with van der Waals surface area (Å²) in [6, 6.07) is 5.74. The van der Waals surface area contributed by atoms with Crippen molar-refractivity contribution in [3.8, 4) is 0 Å². The van der Waals surface area contributed by atoms with Gasteiger partial charge in [-0.3, -0.25) is 10.4 Å². The highest BCUT2D eigenvalue weighted by molar-refractivity contribution is 7.08. The second-order valence-electron chi connectivity index (χ2n) is 2.90. The van der Waals surface area contributed by atoms with Gasteiger partial charge >= 0.3 is 0 Å². The summed E-state index contributed by atoms with van der Waals surface area (Å²) < 4.78 is 1.66. The Morgan fingerprint density at radius 3 is 2.93 bits per heavy atom. The Kier molecular flexibility index (Phi) is 2.41. The molecule has 2 aromatic heterocycles. The fraction of sp³-hybridized carbons (Fsp3) is 0.222. The number of hydrogen-bond donors (Lipinski definition) is 1. The molecule has 0 fully saturated rings. The van der Waals surface area contributed by atoms with Crippen LogP contribution in [0, 0.1) is 12.3 Å². The normalized spacial score (nSPS) is 10.4. The van der Waals surface area contributed by atoms with E-state index >= 15 is 0 Å². The highest BCUT2D eigenvalue weighted by Gasteiger charge is 2.00. The molecule has 1 N–H and O–H groups in total. The van der Waals surface area contributed by atoms with E-state index in [1.165, 1.54) is 11.3 Å². The monoisotopic (exact) mass is 206 g/mol. The molecule has 0 amide bonds. The lowest BCUT2D eigenvalue weighted by Crippen LogP contribution is -2.16. The van der Waals surface area contributed by atoms with Crippen LogP contribution in [-0.4, -0.2) is 14.8 Å². The molecule has 4 nitrogen and oxygen atoms in total. The number of aromatic nitrogens is 3. The van der Waals surface area contributed by atoms with Crippen LogP contribution in [-0.2, 0) is 6.54 Å². The molecule has 2 heterocycles. The van der Waals surface area contributed by atoms with Crippen molar-refractivity contribution in [2.24, 2.45) is 0 Å². The average molecular weight is 206 g/mol. The number of hydrogen-bond acceptors (Lipinski definition) is 4. The zero-order chi connectivity index (χ0) is 9.97. The van der Waals surface area contributed by atoms with Crippen molar-refractivity contribution in [2.75, 3.05) is 0 Å². The minimum Gasteiger partial charge on any atom is -0.274 e. The highest BCUT2D eigenvalue weighted by Crippen LogP contribution is 1.98. The van der Waals surface area contributed by atoms with Gasteiger partial charge in [0.25, 0.3) is 0 Å². The van der Waals surface area contributed by atoms with Crippen molar-refractivity contribution >= 4 is 11.3 Å². The first-order valence-electron chi connectivity index (χ1n) is 4.25. The first-order valence-corrected chi connectivity index (χ1v) is 5.06. The fourth-order valence-corrected chi connectivity index (χ4v) is 1.81. The van der Waals surface area contributed by atoms with Crippen molar-refractivity contribution in [3.05, 3.63) is 39.9 Å². The van der Waals surface area contributed by atoms with Gasteiger partial charge in [-0.2, -0.15) is 5.10 Å². The largest absolute Gasteiger partial charge is 0.274 e. The van der Waals surface area contributed by atoms with Gasteiger partial charge in [-0.25, -0.2) is 4.68 Å². The second kappa shape index (κ2) is 3.71. The lowest BCUT2D eigenvalue weighted by Gasteiger charge is -1.98. The van der Waals surface area contributed by atoms with E-state index in [1.807, 2.05) is 25.1 Å². The zero-order valence-corrected chi connectivity index (χ0v) is 8.58. The van der Waals surface area contributed by atoms with Gasteiger partial charge in [0.1, 0.15) is 5.01 Å². The molecule has 2 aromatic rings. The average Bonchev–Trinajstić information content (AvgIpc) is 2.47. The summed E-state index contributed by atoms with van der Waals surface area (Å²) in [5.74, 6) is 0. The molecule has 0 unspecified atom stereocenters. The standard InChI is InChI=1S/C9H10N4S/c1-7-12-13(9(10)14-7)6-8-4-2-3-5-11-8/h2-5,10H,6H2,1H3. The Morgan fingerprint density at radius 1 is 1.50 bits per heavy atom. The first-order chi connectivity index (χ1) is 6.75. The van der Waals surface area contributed by atoms with Gasteiger partial charge in [0.2, 0.25) is 4.80 Å². The van der Waals surface area contributed by atoms with Crippen LogP contribution in [0.25, 0.3) is 0 Å². The predicted octanol–water partition coefficient (Wildman–Crippen LogP) is 1.18.